The molecule has 0 atom stereocenters. The molecule has 1 aromatic heterocycles. The van der Waals surface area contributed by atoms with Crippen LogP contribution in [0.25, 0.3) is 5.69 Å². The van der Waals surface area contributed by atoms with E-state index in [0.29, 0.717) is 16.9 Å². The van der Waals surface area contributed by atoms with Crippen molar-refractivity contribution < 1.29 is 9.18 Å². The summed E-state index contributed by atoms with van der Waals surface area (Å²) in [6.45, 7) is 5.20. The number of hydrogen-bond acceptors (Lipinski definition) is 3. The number of nitrogens with zero attached hydrogens (tertiary/aromatic N) is 2. The van der Waals surface area contributed by atoms with Crippen LogP contribution in [0.2, 0.25) is 0 Å². The Kier molecular flexibility index (Phi) is 5.54. The van der Waals surface area contributed by atoms with Crippen molar-refractivity contribution in [1.29, 1.82) is 0 Å². The van der Waals surface area contributed by atoms with E-state index in [9.17, 15) is 14.0 Å². The van der Waals surface area contributed by atoms with Gasteiger partial charge in [-0.25, -0.2) is 14.5 Å². The van der Waals surface area contributed by atoms with Gasteiger partial charge < -0.3 is 0 Å². The zero-order valence-corrected chi connectivity index (χ0v) is 15.9. The van der Waals surface area contributed by atoms with Crippen LogP contribution in [0.3, 0.4) is 0 Å². The molecule has 6 nitrogen and oxygen atoms in total. The normalized spacial score (nSPS) is 11.7. The Labute approximate surface area is 161 Å². The first kappa shape index (κ1) is 19.3. The number of H-pyrrole nitrogens is 1. The maximum absolute atomic E-state index is 13.8. The van der Waals surface area contributed by atoms with Gasteiger partial charge in [0.15, 0.2) is 0 Å². The van der Waals surface area contributed by atoms with Gasteiger partial charge in [-0.3, -0.25) is 14.7 Å². The molecule has 0 unspecified atom stereocenters. The summed E-state index contributed by atoms with van der Waals surface area (Å²) in [4.78, 5) is 25.1. The van der Waals surface area contributed by atoms with Crippen LogP contribution in [0.15, 0.2) is 64.5 Å². The molecule has 7 heteroatoms. The van der Waals surface area contributed by atoms with Gasteiger partial charge in [-0.2, -0.15) is 5.10 Å². The largest absolute Gasteiger partial charge is 0.295 e. The molecule has 28 heavy (non-hydrogen) atoms. The second-order valence-corrected chi connectivity index (χ2v) is 6.69. The first-order chi connectivity index (χ1) is 13.4. The highest BCUT2D eigenvalue weighted by Crippen LogP contribution is 2.14. The highest BCUT2D eigenvalue weighted by molar-refractivity contribution is 6.13. The van der Waals surface area contributed by atoms with E-state index in [2.05, 4.69) is 15.6 Å². The third-order valence-electron chi connectivity index (χ3n) is 4.22. The number of halogens is 1. The van der Waals surface area contributed by atoms with Gasteiger partial charge in [0.05, 0.1) is 11.3 Å². The highest BCUT2D eigenvalue weighted by Gasteiger charge is 2.20. The average molecular weight is 380 g/mol. The van der Waals surface area contributed by atoms with Crippen molar-refractivity contribution >= 4 is 11.6 Å². The maximum Gasteiger partial charge on any atom is 0.281 e. The summed E-state index contributed by atoms with van der Waals surface area (Å²) in [7, 11) is 0. The van der Waals surface area contributed by atoms with Crippen molar-refractivity contribution in [3.8, 4) is 5.69 Å². The molecule has 1 amide bonds. The lowest BCUT2D eigenvalue weighted by Gasteiger charge is -2.08. The summed E-state index contributed by atoms with van der Waals surface area (Å²) in [5.41, 5.74) is 4.19. The minimum atomic E-state index is -0.461. The van der Waals surface area contributed by atoms with E-state index in [0.717, 1.165) is 0 Å². The van der Waals surface area contributed by atoms with Gasteiger partial charge in [0.2, 0.25) is 5.91 Å². The minimum absolute atomic E-state index is 0.196. The van der Waals surface area contributed by atoms with E-state index >= 15 is 0 Å². The molecule has 3 aromatic rings. The van der Waals surface area contributed by atoms with Crippen molar-refractivity contribution in [1.82, 2.24) is 15.2 Å². The Balaban J connectivity index is 2.16. The number of amides is 1. The molecule has 144 valence electrons. The smallest absolute Gasteiger partial charge is 0.281 e. The third-order valence-corrected chi connectivity index (χ3v) is 4.22. The van der Waals surface area contributed by atoms with Crippen LogP contribution in [0, 0.1) is 18.7 Å². The van der Waals surface area contributed by atoms with Crippen LogP contribution < -0.4 is 11.0 Å². The molecule has 0 aliphatic rings. The van der Waals surface area contributed by atoms with Gasteiger partial charge in [-0.1, -0.05) is 44.2 Å². The lowest BCUT2D eigenvalue weighted by molar-refractivity contribution is -0.123. The molecular formula is C21H21FN4O2. The van der Waals surface area contributed by atoms with Gasteiger partial charge in [-0.05, 0) is 31.2 Å². The second-order valence-electron chi connectivity index (χ2n) is 6.69. The number of nitrogens with one attached hydrogen (secondary N) is 2. The zero-order valence-electron chi connectivity index (χ0n) is 15.9. The van der Waals surface area contributed by atoms with Crippen molar-refractivity contribution in [2.45, 2.75) is 20.8 Å². The third kappa shape index (κ3) is 3.93. The molecule has 0 radical (unpaired) electrons. The van der Waals surface area contributed by atoms with Crippen molar-refractivity contribution in [2.24, 2.45) is 11.0 Å². The van der Waals surface area contributed by atoms with E-state index < -0.39 is 5.82 Å². The molecule has 2 N–H and O–H groups in total. The maximum atomic E-state index is 13.8. The molecule has 0 aliphatic heterocycles. The minimum Gasteiger partial charge on any atom is -0.295 e. The van der Waals surface area contributed by atoms with Crippen LogP contribution in [-0.4, -0.2) is 21.4 Å². The van der Waals surface area contributed by atoms with Crippen molar-refractivity contribution in [3.05, 3.63) is 87.6 Å². The number of benzene rings is 2. The first-order valence-electron chi connectivity index (χ1n) is 8.89. The van der Waals surface area contributed by atoms with E-state index in [1.807, 2.05) is 18.2 Å². The summed E-state index contributed by atoms with van der Waals surface area (Å²) in [5, 5.41) is 7.19. The molecular weight excluding hydrogens is 359 g/mol. The standard InChI is InChI=1S/C21H21FN4O2/c1-13(2)20(27)24-23-19(15-8-7-9-16(22)12-15)18-14(3)25-26(21(18)28)17-10-5-4-6-11-17/h4-13,25H,1-3H3,(H,24,27)/b23-19+. The zero-order chi connectivity index (χ0) is 20.3. The fourth-order valence-electron chi connectivity index (χ4n) is 2.73. The number of hydrazone groups is 1. The molecule has 0 bridgehead atoms. The molecule has 0 aliphatic carbocycles. The van der Waals surface area contributed by atoms with E-state index in [1.165, 1.54) is 22.9 Å². The van der Waals surface area contributed by atoms with Crippen LogP contribution in [0.5, 0.6) is 0 Å². The average Bonchev–Trinajstić information content (AvgIpc) is 2.97. The summed E-state index contributed by atoms with van der Waals surface area (Å²) >= 11 is 0. The van der Waals surface area contributed by atoms with Gasteiger partial charge >= 0.3 is 0 Å². The fourth-order valence-corrected chi connectivity index (χ4v) is 2.73. The SMILES string of the molecule is Cc1[nH]n(-c2ccccc2)c(=O)c1/C(=N/NC(=O)C(C)C)c1cccc(F)c1. The molecule has 0 spiro atoms. The van der Waals surface area contributed by atoms with Gasteiger partial charge in [0, 0.05) is 17.2 Å². The summed E-state index contributed by atoms with van der Waals surface area (Å²) in [6, 6.07) is 14.8. The first-order valence-corrected chi connectivity index (χ1v) is 8.89. The quantitative estimate of drug-likeness (QED) is 0.527. The van der Waals surface area contributed by atoms with Gasteiger partial charge in [0.25, 0.3) is 5.56 Å². The van der Waals surface area contributed by atoms with Crippen LogP contribution in [-0.2, 0) is 4.79 Å². The number of aromatic amines is 1. The number of aromatic nitrogens is 2. The Bertz CT molecular complexity index is 1080. The summed E-state index contributed by atoms with van der Waals surface area (Å²) < 4.78 is 15.2. The molecule has 0 saturated heterocycles. The monoisotopic (exact) mass is 380 g/mol. The molecule has 1 heterocycles. The Morgan fingerprint density at radius 1 is 1.14 bits per heavy atom. The van der Waals surface area contributed by atoms with E-state index in [1.54, 1.807) is 39.0 Å². The Hall–Kier alpha value is -3.48. The lowest BCUT2D eigenvalue weighted by atomic mass is 10.0. The number of aryl methyl sites for hydroxylation is 1. The topological polar surface area (TPSA) is 79.2 Å². The van der Waals surface area contributed by atoms with E-state index in [4.69, 9.17) is 0 Å². The summed E-state index contributed by atoms with van der Waals surface area (Å²) in [6.07, 6.45) is 0. The number of rotatable bonds is 5. The number of para-hydroxylation sites is 1. The van der Waals surface area contributed by atoms with Gasteiger partial charge in [0.1, 0.15) is 11.5 Å². The van der Waals surface area contributed by atoms with E-state index in [-0.39, 0.29) is 28.7 Å². The number of carbonyl (C=O) groups excluding carboxylic acids is 1. The Morgan fingerprint density at radius 2 is 1.86 bits per heavy atom. The van der Waals surface area contributed by atoms with Crippen LogP contribution in [0.1, 0.15) is 30.7 Å². The predicted molar refractivity (Wildman–Crippen MR) is 106 cm³/mol. The fraction of sp³-hybridized carbons (Fsp3) is 0.190. The Morgan fingerprint density at radius 3 is 2.50 bits per heavy atom. The van der Waals surface area contributed by atoms with Crippen molar-refractivity contribution in [2.75, 3.05) is 0 Å². The lowest BCUT2D eigenvalue weighted by Crippen LogP contribution is -2.27. The van der Waals surface area contributed by atoms with Gasteiger partial charge in [-0.15, -0.1) is 0 Å². The molecule has 3 rings (SSSR count). The van der Waals surface area contributed by atoms with Crippen LogP contribution >= 0.6 is 0 Å². The number of carbonyl (C=O) groups is 1. The molecule has 0 saturated carbocycles. The molecule has 2 aromatic carbocycles. The summed E-state index contributed by atoms with van der Waals surface area (Å²) in [5.74, 6) is -1.05. The molecule has 0 fully saturated rings. The number of hydrogen-bond donors (Lipinski definition) is 2. The van der Waals surface area contributed by atoms with Crippen molar-refractivity contribution in [3.63, 3.8) is 0 Å². The van der Waals surface area contributed by atoms with Crippen LogP contribution in [0.4, 0.5) is 4.39 Å². The second kappa shape index (κ2) is 8.04. The predicted octanol–water partition coefficient (Wildman–Crippen LogP) is 3.14. The highest BCUT2D eigenvalue weighted by atomic mass is 19.1.